The number of fused-ring (bicyclic) bond motifs is 1. The second-order valence-electron chi connectivity index (χ2n) is 8.37. The molecule has 1 aliphatic rings. The molecule has 2 aromatic heterocycles. The number of benzene rings is 2. The van der Waals surface area contributed by atoms with E-state index in [0.717, 1.165) is 52.6 Å². The van der Waals surface area contributed by atoms with Crippen LogP contribution in [0, 0.1) is 0 Å². The Balaban J connectivity index is 1.15. The molecule has 1 fully saturated rings. The van der Waals surface area contributed by atoms with Crippen LogP contribution in [0.5, 0.6) is 0 Å². The smallest absolute Gasteiger partial charge is 0.251 e. The number of imidazole rings is 1. The fourth-order valence-corrected chi connectivity index (χ4v) is 4.90. The van der Waals surface area contributed by atoms with Crippen LogP contribution in [-0.4, -0.2) is 27.7 Å². The molecule has 172 valence electrons. The van der Waals surface area contributed by atoms with E-state index in [1.54, 1.807) is 11.8 Å². The van der Waals surface area contributed by atoms with E-state index in [1.807, 2.05) is 88.4 Å². The number of amides is 2. The summed E-state index contributed by atoms with van der Waals surface area (Å²) in [7, 11) is 0. The Bertz CT molecular complexity index is 1280. The first-order valence-corrected chi connectivity index (χ1v) is 12.5. The maximum absolute atomic E-state index is 12.7. The number of hydrogen-bond donors (Lipinski definition) is 1. The van der Waals surface area contributed by atoms with Crippen molar-refractivity contribution in [1.82, 2.24) is 14.7 Å². The summed E-state index contributed by atoms with van der Waals surface area (Å²) < 4.78 is 2.02. The molecule has 0 aliphatic carbocycles. The Morgan fingerprint density at radius 3 is 2.74 bits per heavy atom. The number of carbonyl (C=O) groups is 2. The van der Waals surface area contributed by atoms with E-state index in [0.29, 0.717) is 18.5 Å². The lowest BCUT2D eigenvalue weighted by Crippen LogP contribution is -2.35. The minimum atomic E-state index is -0.114. The molecule has 3 heterocycles. The van der Waals surface area contributed by atoms with E-state index < -0.39 is 0 Å². The highest BCUT2D eigenvalue weighted by atomic mass is 32.2. The maximum Gasteiger partial charge on any atom is 0.251 e. The van der Waals surface area contributed by atoms with Crippen molar-refractivity contribution in [2.45, 2.75) is 36.5 Å². The molecule has 1 saturated heterocycles. The summed E-state index contributed by atoms with van der Waals surface area (Å²) in [6, 6.07) is 21.5. The zero-order chi connectivity index (χ0) is 23.3. The van der Waals surface area contributed by atoms with Gasteiger partial charge in [-0.25, -0.2) is 4.98 Å². The van der Waals surface area contributed by atoms with Crippen molar-refractivity contribution in [1.29, 1.82) is 0 Å². The summed E-state index contributed by atoms with van der Waals surface area (Å²) in [5, 5.41) is 2.99. The molecule has 0 unspecified atom stereocenters. The molecular weight excluding hydrogens is 444 g/mol. The summed E-state index contributed by atoms with van der Waals surface area (Å²) in [6.45, 7) is 1.18. The second kappa shape index (κ2) is 10.1. The summed E-state index contributed by atoms with van der Waals surface area (Å²) in [4.78, 5) is 32.4. The first-order valence-electron chi connectivity index (χ1n) is 11.5. The van der Waals surface area contributed by atoms with Crippen molar-refractivity contribution in [3.63, 3.8) is 0 Å². The van der Waals surface area contributed by atoms with Gasteiger partial charge in [0.25, 0.3) is 5.91 Å². The van der Waals surface area contributed by atoms with Gasteiger partial charge in [0.2, 0.25) is 5.91 Å². The number of hydrogen-bond acceptors (Lipinski definition) is 4. The molecular formula is C27H26N4O2S. The Kier molecular flexibility index (Phi) is 6.62. The third-order valence-corrected chi connectivity index (χ3v) is 6.96. The number of rotatable bonds is 7. The lowest BCUT2D eigenvalue weighted by Gasteiger charge is -2.27. The molecule has 0 spiro atoms. The van der Waals surface area contributed by atoms with Gasteiger partial charge >= 0.3 is 0 Å². The van der Waals surface area contributed by atoms with E-state index in [1.165, 1.54) is 0 Å². The van der Waals surface area contributed by atoms with Crippen LogP contribution in [0.1, 0.15) is 40.9 Å². The van der Waals surface area contributed by atoms with Crippen LogP contribution in [0.15, 0.2) is 84.0 Å². The zero-order valence-corrected chi connectivity index (χ0v) is 19.6. The number of aromatic nitrogens is 2. The van der Waals surface area contributed by atoms with Gasteiger partial charge in [-0.1, -0.05) is 18.2 Å². The van der Waals surface area contributed by atoms with Gasteiger partial charge in [-0.05, 0) is 66.9 Å². The molecule has 1 N–H and O–H groups in total. The van der Waals surface area contributed by atoms with Crippen molar-refractivity contribution in [3.8, 4) is 0 Å². The fourth-order valence-electron chi connectivity index (χ4n) is 4.11. The van der Waals surface area contributed by atoms with Crippen molar-refractivity contribution in [2.24, 2.45) is 0 Å². The average molecular weight is 471 g/mol. The third-order valence-electron chi connectivity index (χ3n) is 5.92. The fraction of sp³-hybridized carbons (Fsp3) is 0.222. The van der Waals surface area contributed by atoms with Crippen LogP contribution >= 0.6 is 11.8 Å². The Morgan fingerprint density at radius 1 is 1.03 bits per heavy atom. The van der Waals surface area contributed by atoms with Crippen LogP contribution in [0.4, 0.5) is 5.69 Å². The van der Waals surface area contributed by atoms with Gasteiger partial charge in [-0.15, -0.1) is 11.8 Å². The molecule has 0 radical (unpaired) electrons. The van der Waals surface area contributed by atoms with E-state index in [4.69, 9.17) is 0 Å². The number of thioether (sulfide) groups is 1. The second-order valence-corrected chi connectivity index (χ2v) is 9.42. The Labute approximate surface area is 203 Å². The Morgan fingerprint density at radius 2 is 1.91 bits per heavy atom. The van der Waals surface area contributed by atoms with Gasteiger partial charge in [0.1, 0.15) is 5.65 Å². The first kappa shape index (κ1) is 22.2. The van der Waals surface area contributed by atoms with Crippen LogP contribution in [-0.2, 0) is 17.1 Å². The van der Waals surface area contributed by atoms with Gasteiger partial charge in [0, 0.05) is 53.8 Å². The number of pyridine rings is 1. The summed E-state index contributed by atoms with van der Waals surface area (Å²) in [5.41, 5.74) is 4.47. The monoisotopic (exact) mass is 470 g/mol. The quantitative estimate of drug-likeness (QED) is 0.383. The van der Waals surface area contributed by atoms with Crippen molar-refractivity contribution in [2.75, 3.05) is 11.4 Å². The lowest BCUT2D eigenvalue weighted by atomic mass is 10.1. The van der Waals surface area contributed by atoms with Crippen molar-refractivity contribution >= 4 is 34.9 Å². The van der Waals surface area contributed by atoms with Crippen LogP contribution in [0.3, 0.4) is 0 Å². The molecule has 4 aromatic rings. The van der Waals surface area contributed by atoms with E-state index >= 15 is 0 Å². The lowest BCUT2D eigenvalue weighted by molar-refractivity contribution is -0.119. The molecule has 0 atom stereocenters. The first-order chi connectivity index (χ1) is 16.7. The average Bonchev–Trinajstić information content (AvgIpc) is 3.30. The number of carbonyl (C=O) groups excluding carboxylic acids is 2. The topological polar surface area (TPSA) is 66.7 Å². The molecule has 5 rings (SSSR count). The van der Waals surface area contributed by atoms with Gasteiger partial charge in [0.15, 0.2) is 0 Å². The van der Waals surface area contributed by atoms with E-state index in [2.05, 4.69) is 10.3 Å². The summed E-state index contributed by atoms with van der Waals surface area (Å²) in [5.74, 6) is 0.825. The number of piperidine rings is 1. The van der Waals surface area contributed by atoms with Gasteiger partial charge in [-0.3, -0.25) is 9.59 Å². The Hall–Kier alpha value is -3.58. The molecule has 1 aliphatic heterocycles. The van der Waals surface area contributed by atoms with Crippen molar-refractivity contribution < 1.29 is 9.59 Å². The molecule has 7 heteroatoms. The van der Waals surface area contributed by atoms with Crippen LogP contribution < -0.4 is 10.2 Å². The molecule has 34 heavy (non-hydrogen) atoms. The van der Waals surface area contributed by atoms with Gasteiger partial charge in [0.05, 0.1) is 5.69 Å². The largest absolute Gasteiger partial charge is 0.348 e. The van der Waals surface area contributed by atoms with Gasteiger partial charge in [-0.2, -0.15) is 0 Å². The maximum atomic E-state index is 12.7. The van der Waals surface area contributed by atoms with E-state index in [9.17, 15) is 9.59 Å². The molecule has 0 saturated carbocycles. The normalized spacial score (nSPS) is 13.9. The molecule has 6 nitrogen and oxygen atoms in total. The third kappa shape index (κ3) is 5.15. The predicted molar refractivity (Wildman–Crippen MR) is 135 cm³/mol. The molecule has 2 amide bonds. The van der Waals surface area contributed by atoms with Crippen LogP contribution in [0.25, 0.3) is 5.65 Å². The highest BCUT2D eigenvalue weighted by Gasteiger charge is 2.19. The standard InChI is InChI=1S/C27H26N4O2S/c32-26-9-2-4-15-31(26)23-7-5-6-20(16-23)17-28-27(33)21-10-12-24(13-11-21)34-19-22-18-30-14-3-1-8-25(30)29-22/h1,3,5-8,10-14,16,18H,2,4,9,15,17,19H2,(H,28,33). The summed E-state index contributed by atoms with van der Waals surface area (Å²) >= 11 is 1.69. The SMILES string of the molecule is O=C(NCc1cccc(N2CCCCC2=O)c1)c1ccc(SCc2cn3ccccc3n2)cc1. The zero-order valence-electron chi connectivity index (χ0n) is 18.8. The number of nitrogens with zero attached hydrogens (tertiary/aromatic N) is 3. The number of nitrogens with one attached hydrogen (secondary N) is 1. The van der Waals surface area contributed by atoms with Gasteiger partial charge < -0.3 is 14.6 Å². The highest BCUT2D eigenvalue weighted by molar-refractivity contribution is 7.98. The van der Waals surface area contributed by atoms with Crippen LogP contribution in [0.2, 0.25) is 0 Å². The number of anilines is 1. The minimum absolute atomic E-state index is 0.114. The highest BCUT2D eigenvalue weighted by Crippen LogP contribution is 2.24. The molecule has 2 aromatic carbocycles. The minimum Gasteiger partial charge on any atom is -0.348 e. The summed E-state index contributed by atoms with van der Waals surface area (Å²) in [6.07, 6.45) is 6.63. The molecule has 0 bridgehead atoms. The van der Waals surface area contributed by atoms with E-state index in [-0.39, 0.29) is 11.8 Å². The van der Waals surface area contributed by atoms with Crippen molar-refractivity contribution in [3.05, 3.63) is 95.9 Å². The predicted octanol–water partition coefficient (Wildman–Crippen LogP) is 5.07.